The first kappa shape index (κ1) is 13.5. The molecule has 0 amide bonds. The fourth-order valence-corrected chi connectivity index (χ4v) is 1.81. The van der Waals surface area contributed by atoms with Crippen molar-refractivity contribution >= 4 is 0 Å². The van der Waals surface area contributed by atoms with E-state index in [1.807, 2.05) is 6.92 Å². The van der Waals surface area contributed by atoms with E-state index in [2.05, 4.69) is 0 Å². The first-order chi connectivity index (χ1) is 9.08. The molecule has 0 spiro atoms. The summed E-state index contributed by atoms with van der Waals surface area (Å²) in [5, 5.41) is 0. The highest BCUT2D eigenvalue weighted by Gasteiger charge is 2.07. The van der Waals surface area contributed by atoms with E-state index in [0.717, 1.165) is 11.1 Å². The Bertz CT molecular complexity index is 584. The number of benzene rings is 2. The van der Waals surface area contributed by atoms with E-state index in [4.69, 9.17) is 10.5 Å². The summed E-state index contributed by atoms with van der Waals surface area (Å²) in [6.45, 7) is 2.25. The maximum atomic E-state index is 13.6. The summed E-state index contributed by atoms with van der Waals surface area (Å²) in [6, 6.07) is 8.83. The number of aryl methyl sites for hydroxylation is 1. The highest BCUT2D eigenvalue weighted by atomic mass is 19.1. The SMILES string of the molecule is Cc1ccc(F)c(Oc2cc(F)cc(CCN)c2)c1. The third kappa shape index (κ3) is 3.51. The lowest BCUT2D eigenvalue weighted by Crippen LogP contribution is -2.03. The topological polar surface area (TPSA) is 35.2 Å². The number of hydrogen-bond donors (Lipinski definition) is 1. The third-order valence-electron chi connectivity index (χ3n) is 2.68. The molecular weight excluding hydrogens is 248 g/mol. The first-order valence-corrected chi connectivity index (χ1v) is 6.02. The van der Waals surface area contributed by atoms with E-state index in [-0.39, 0.29) is 11.5 Å². The zero-order chi connectivity index (χ0) is 13.8. The van der Waals surface area contributed by atoms with Crippen LogP contribution in [0, 0.1) is 18.6 Å². The van der Waals surface area contributed by atoms with Gasteiger partial charge in [0.15, 0.2) is 11.6 Å². The van der Waals surface area contributed by atoms with Crippen LogP contribution in [0.2, 0.25) is 0 Å². The van der Waals surface area contributed by atoms with Crippen LogP contribution in [0.5, 0.6) is 11.5 Å². The van der Waals surface area contributed by atoms with Gasteiger partial charge in [0, 0.05) is 6.07 Å². The molecule has 0 aliphatic rings. The molecule has 0 saturated heterocycles. The van der Waals surface area contributed by atoms with Gasteiger partial charge in [-0.15, -0.1) is 0 Å². The summed E-state index contributed by atoms with van der Waals surface area (Å²) in [4.78, 5) is 0. The van der Waals surface area contributed by atoms with Crippen LogP contribution >= 0.6 is 0 Å². The quantitative estimate of drug-likeness (QED) is 0.915. The second kappa shape index (κ2) is 5.80. The van der Waals surface area contributed by atoms with Crippen LogP contribution in [-0.2, 0) is 6.42 Å². The van der Waals surface area contributed by atoms with Crippen LogP contribution in [0.1, 0.15) is 11.1 Å². The van der Waals surface area contributed by atoms with Crippen molar-refractivity contribution in [3.8, 4) is 11.5 Å². The molecule has 2 aromatic carbocycles. The molecule has 0 atom stereocenters. The monoisotopic (exact) mass is 263 g/mol. The molecule has 2 N–H and O–H groups in total. The average molecular weight is 263 g/mol. The van der Waals surface area contributed by atoms with Crippen LogP contribution < -0.4 is 10.5 Å². The van der Waals surface area contributed by atoms with Gasteiger partial charge in [0.05, 0.1) is 0 Å². The Morgan fingerprint density at radius 2 is 1.89 bits per heavy atom. The van der Waals surface area contributed by atoms with Gasteiger partial charge in [0.2, 0.25) is 0 Å². The fourth-order valence-electron chi connectivity index (χ4n) is 1.81. The van der Waals surface area contributed by atoms with Crippen LogP contribution in [0.15, 0.2) is 36.4 Å². The molecule has 19 heavy (non-hydrogen) atoms. The second-order valence-electron chi connectivity index (χ2n) is 4.37. The van der Waals surface area contributed by atoms with Crippen molar-refractivity contribution in [2.75, 3.05) is 6.54 Å². The third-order valence-corrected chi connectivity index (χ3v) is 2.68. The van der Waals surface area contributed by atoms with Crippen molar-refractivity contribution in [1.29, 1.82) is 0 Å². The van der Waals surface area contributed by atoms with Crippen molar-refractivity contribution in [1.82, 2.24) is 0 Å². The van der Waals surface area contributed by atoms with E-state index < -0.39 is 11.6 Å². The highest BCUT2D eigenvalue weighted by Crippen LogP contribution is 2.27. The fraction of sp³-hybridized carbons (Fsp3) is 0.200. The molecule has 4 heteroatoms. The molecule has 2 nitrogen and oxygen atoms in total. The van der Waals surface area contributed by atoms with Gasteiger partial charge < -0.3 is 10.5 Å². The van der Waals surface area contributed by atoms with Crippen molar-refractivity contribution < 1.29 is 13.5 Å². The minimum Gasteiger partial charge on any atom is -0.454 e. The summed E-state index contributed by atoms with van der Waals surface area (Å²) in [5.74, 6) is -0.540. The van der Waals surface area contributed by atoms with Gasteiger partial charge in [-0.3, -0.25) is 0 Å². The molecule has 0 bridgehead atoms. The molecule has 0 aliphatic heterocycles. The van der Waals surface area contributed by atoms with E-state index in [1.54, 1.807) is 18.2 Å². The van der Waals surface area contributed by atoms with Crippen LogP contribution in [0.4, 0.5) is 8.78 Å². The summed E-state index contributed by atoms with van der Waals surface area (Å²) >= 11 is 0. The molecular formula is C15H15F2NO. The normalized spacial score (nSPS) is 10.5. The summed E-state index contributed by atoms with van der Waals surface area (Å²) < 4.78 is 32.4. The standard InChI is InChI=1S/C15H15F2NO/c1-10-2-3-14(17)15(6-10)19-13-8-11(4-5-18)7-12(16)9-13/h2-3,6-9H,4-5,18H2,1H3. The summed E-state index contributed by atoms with van der Waals surface area (Å²) in [6.07, 6.45) is 0.546. The molecule has 0 aliphatic carbocycles. The van der Waals surface area contributed by atoms with Crippen LogP contribution in [0.3, 0.4) is 0 Å². The van der Waals surface area contributed by atoms with Crippen LogP contribution in [0.25, 0.3) is 0 Å². The number of ether oxygens (including phenoxy) is 1. The Morgan fingerprint density at radius 1 is 1.11 bits per heavy atom. The average Bonchev–Trinajstić information content (AvgIpc) is 2.33. The molecule has 0 saturated carbocycles. The van der Waals surface area contributed by atoms with E-state index in [1.165, 1.54) is 18.2 Å². The molecule has 0 heterocycles. The number of rotatable bonds is 4. The number of hydrogen-bond acceptors (Lipinski definition) is 2. The second-order valence-corrected chi connectivity index (χ2v) is 4.37. The van der Waals surface area contributed by atoms with Gasteiger partial charge in [0.1, 0.15) is 11.6 Å². The van der Waals surface area contributed by atoms with Crippen molar-refractivity contribution in [2.24, 2.45) is 5.73 Å². The Labute approximate surface area is 110 Å². The molecule has 0 unspecified atom stereocenters. The summed E-state index contributed by atoms with van der Waals surface area (Å²) in [7, 11) is 0. The Balaban J connectivity index is 2.29. The van der Waals surface area contributed by atoms with Gasteiger partial charge in [-0.1, -0.05) is 6.07 Å². The van der Waals surface area contributed by atoms with E-state index in [0.29, 0.717) is 13.0 Å². The maximum Gasteiger partial charge on any atom is 0.165 e. The Morgan fingerprint density at radius 3 is 2.63 bits per heavy atom. The zero-order valence-electron chi connectivity index (χ0n) is 10.6. The molecule has 0 aromatic heterocycles. The predicted molar refractivity (Wildman–Crippen MR) is 70.4 cm³/mol. The molecule has 0 fully saturated rings. The largest absolute Gasteiger partial charge is 0.454 e. The van der Waals surface area contributed by atoms with E-state index >= 15 is 0 Å². The maximum absolute atomic E-state index is 13.6. The molecule has 2 aromatic rings. The first-order valence-electron chi connectivity index (χ1n) is 6.02. The lowest BCUT2D eigenvalue weighted by Gasteiger charge is -2.09. The van der Waals surface area contributed by atoms with Gasteiger partial charge in [-0.2, -0.15) is 0 Å². The minimum absolute atomic E-state index is 0.0873. The lowest BCUT2D eigenvalue weighted by atomic mass is 10.1. The van der Waals surface area contributed by atoms with Crippen molar-refractivity contribution in [3.05, 3.63) is 59.2 Å². The number of halogens is 2. The Hall–Kier alpha value is -1.94. The van der Waals surface area contributed by atoms with Gasteiger partial charge in [0.25, 0.3) is 0 Å². The van der Waals surface area contributed by atoms with Gasteiger partial charge in [-0.05, 0) is 55.3 Å². The van der Waals surface area contributed by atoms with Crippen molar-refractivity contribution in [2.45, 2.75) is 13.3 Å². The highest BCUT2D eigenvalue weighted by molar-refractivity contribution is 5.37. The van der Waals surface area contributed by atoms with Crippen LogP contribution in [-0.4, -0.2) is 6.54 Å². The molecule has 0 radical (unpaired) electrons. The predicted octanol–water partition coefficient (Wildman–Crippen LogP) is 3.57. The molecule has 100 valence electrons. The smallest absolute Gasteiger partial charge is 0.165 e. The Kier molecular flexibility index (Phi) is 4.12. The van der Waals surface area contributed by atoms with Crippen molar-refractivity contribution in [3.63, 3.8) is 0 Å². The zero-order valence-corrected chi connectivity index (χ0v) is 10.6. The minimum atomic E-state index is -0.477. The van der Waals surface area contributed by atoms with E-state index in [9.17, 15) is 8.78 Å². The number of nitrogens with two attached hydrogens (primary N) is 1. The molecule has 2 rings (SSSR count). The summed E-state index contributed by atoms with van der Waals surface area (Å²) in [5.41, 5.74) is 7.03. The van der Waals surface area contributed by atoms with Gasteiger partial charge in [-0.25, -0.2) is 8.78 Å². The van der Waals surface area contributed by atoms with Gasteiger partial charge >= 0.3 is 0 Å². The lowest BCUT2D eigenvalue weighted by molar-refractivity contribution is 0.437.